The normalized spacial score (nSPS) is 15.3. The highest BCUT2D eigenvalue weighted by molar-refractivity contribution is 7.92. The molecule has 2 rings (SSSR count). The predicted molar refractivity (Wildman–Crippen MR) is 81.0 cm³/mol. The summed E-state index contributed by atoms with van der Waals surface area (Å²) in [5.41, 5.74) is 1.30. The molecule has 0 radical (unpaired) electrons. The second-order valence-corrected chi connectivity index (χ2v) is 7.27. The number of nitrogens with one attached hydrogen (secondary N) is 1. The minimum absolute atomic E-state index is 0.0591. The lowest BCUT2D eigenvalue weighted by atomic mass is 10.2. The minimum atomic E-state index is -3.33. The van der Waals surface area contributed by atoms with Crippen molar-refractivity contribution >= 4 is 33.0 Å². The second kappa shape index (κ2) is 6.26. The fraction of sp³-hybridized carbons (Fsp3) is 0.429. The first-order valence-electron chi connectivity index (χ1n) is 6.82. The van der Waals surface area contributed by atoms with Gasteiger partial charge in [0.15, 0.2) is 9.84 Å². The Labute approximate surface area is 124 Å². The molecule has 1 heterocycles. The molecule has 0 aromatic heterocycles. The molecule has 0 atom stereocenters. The van der Waals surface area contributed by atoms with Crippen molar-refractivity contribution in [3.05, 3.63) is 24.3 Å². The summed E-state index contributed by atoms with van der Waals surface area (Å²) >= 11 is 0. The molecule has 0 spiro atoms. The Morgan fingerprint density at radius 2 is 1.95 bits per heavy atom. The number of sulfone groups is 1. The number of carbonyl (C=O) groups is 2. The van der Waals surface area contributed by atoms with Gasteiger partial charge >= 0.3 is 0 Å². The molecule has 2 amide bonds. The van der Waals surface area contributed by atoms with Crippen LogP contribution in [0, 0.1) is 0 Å². The molecule has 0 saturated carbocycles. The number of hydrogen-bond donors (Lipinski definition) is 1. The molecule has 1 aliphatic rings. The van der Waals surface area contributed by atoms with E-state index < -0.39 is 21.5 Å². The Balaban J connectivity index is 1.99. The Morgan fingerprint density at radius 1 is 1.29 bits per heavy atom. The number of carbonyl (C=O) groups excluding carboxylic acids is 2. The van der Waals surface area contributed by atoms with Crippen LogP contribution in [0.4, 0.5) is 11.4 Å². The molecule has 1 N–H and O–H groups in total. The summed E-state index contributed by atoms with van der Waals surface area (Å²) in [4.78, 5) is 24.9. The summed E-state index contributed by atoms with van der Waals surface area (Å²) in [6.45, 7) is 2.21. The number of rotatable bonds is 5. The zero-order valence-electron chi connectivity index (χ0n) is 11.8. The molecule has 7 heteroatoms. The van der Waals surface area contributed by atoms with E-state index >= 15 is 0 Å². The quantitative estimate of drug-likeness (QED) is 0.885. The topological polar surface area (TPSA) is 83.6 Å². The predicted octanol–water partition coefficient (Wildman–Crippen LogP) is 1.19. The van der Waals surface area contributed by atoms with Gasteiger partial charge in [0.1, 0.15) is 5.75 Å². The van der Waals surface area contributed by atoms with E-state index in [1.807, 2.05) is 0 Å². The van der Waals surface area contributed by atoms with E-state index in [4.69, 9.17) is 0 Å². The van der Waals surface area contributed by atoms with E-state index in [1.165, 1.54) is 6.92 Å². The zero-order chi connectivity index (χ0) is 15.5. The van der Waals surface area contributed by atoms with Gasteiger partial charge in [0.2, 0.25) is 11.8 Å². The number of hydrogen-bond acceptors (Lipinski definition) is 4. The maximum absolute atomic E-state index is 11.6. The zero-order valence-corrected chi connectivity index (χ0v) is 12.6. The molecular weight excluding hydrogens is 292 g/mol. The van der Waals surface area contributed by atoms with Crippen LogP contribution in [0.2, 0.25) is 0 Å². The van der Waals surface area contributed by atoms with Crippen LogP contribution in [-0.2, 0) is 19.4 Å². The van der Waals surface area contributed by atoms with Crippen LogP contribution in [0.25, 0.3) is 0 Å². The van der Waals surface area contributed by atoms with Crippen molar-refractivity contribution in [3.63, 3.8) is 0 Å². The average Bonchev–Trinajstić information content (AvgIpc) is 2.85. The molecule has 1 saturated heterocycles. The first-order chi connectivity index (χ1) is 9.91. The summed E-state index contributed by atoms with van der Waals surface area (Å²) < 4.78 is 22.7. The lowest BCUT2D eigenvalue weighted by molar-refractivity contribution is -0.117. The van der Waals surface area contributed by atoms with Crippen LogP contribution in [0.1, 0.15) is 19.8 Å². The molecule has 0 aliphatic carbocycles. The minimum Gasteiger partial charge on any atom is -0.325 e. The fourth-order valence-electron chi connectivity index (χ4n) is 2.14. The van der Waals surface area contributed by atoms with E-state index in [9.17, 15) is 18.0 Å². The largest absolute Gasteiger partial charge is 0.325 e. The fourth-order valence-corrected chi connectivity index (χ4v) is 2.82. The Bertz CT molecular complexity index is 637. The van der Waals surface area contributed by atoms with Crippen molar-refractivity contribution in [2.75, 3.05) is 28.3 Å². The molecule has 1 aliphatic heterocycles. The molecule has 6 nitrogen and oxygen atoms in total. The van der Waals surface area contributed by atoms with Gasteiger partial charge in [0.25, 0.3) is 0 Å². The summed E-state index contributed by atoms with van der Waals surface area (Å²) in [6.07, 6.45) is 1.42. The lowest BCUT2D eigenvalue weighted by Gasteiger charge is -2.16. The van der Waals surface area contributed by atoms with E-state index in [1.54, 1.807) is 29.2 Å². The van der Waals surface area contributed by atoms with Gasteiger partial charge in [0.05, 0.1) is 0 Å². The molecule has 1 fully saturated rings. The van der Waals surface area contributed by atoms with Gasteiger partial charge in [-0.1, -0.05) is 6.92 Å². The van der Waals surface area contributed by atoms with E-state index in [0.29, 0.717) is 18.7 Å². The van der Waals surface area contributed by atoms with Gasteiger partial charge in [0, 0.05) is 30.1 Å². The molecule has 0 unspecified atom stereocenters. The SMILES string of the molecule is CCS(=O)(=O)CC(=O)Nc1ccc(N2CCCC2=O)cc1. The van der Waals surface area contributed by atoms with Crippen molar-refractivity contribution in [1.29, 1.82) is 0 Å². The third kappa shape index (κ3) is 4.04. The summed E-state index contributed by atoms with van der Waals surface area (Å²) in [7, 11) is -3.33. The van der Waals surface area contributed by atoms with Crippen molar-refractivity contribution in [2.24, 2.45) is 0 Å². The third-order valence-electron chi connectivity index (χ3n) is 3.33. The number of nitrogens with zero attached hydrogens (tertiary/aromatic N) is 1. The van der Waals surface area contributed by atoms with Gasteiger partial charge in [-0.15, -0.1) is 0 Å². The highest BCUT2D eigenvalue weighted by Gasteiger charge is 2.21. The first kappa shape index (κ1) is 15.5. The van der Waals surface area contributed by atoms with Crippen molar-refractivity contribution < 1.29 is 18.0 Å². The number of benzene rings is 1. The van der Waals surface area contributed by atoms with Crippen molar-refractivity contribution in [2.45, 2.75) is 19.8 Å². The van der Waals surface area contributed by atoms with Crippen LogP contribution in [-0.4, -0.2) is 38.3 Å². The van der Waals surface area contributed by atoms with E-state index in [2.05, 4.69) is 5.32 Å². The van der Waals surface area contributed by atoms with Gasteiger partial charge in [-0.3, -0.25) is 9.59 Å². The lowest BCUT2D eigenvalue weighted by Crippen LogP contribution is -2.24. The van der Waals surface area contributed by atoms with Gasteiger partial charge < -0.3 is 10.2 Å². The van der Waals surface area contributed by atoms with Crippen molar-refractivity contribution in [3.8, 4) is 0 Å². The Hall–Kier alpha value is -1.89. The molecular formula is C14H18N2O4S. The monoisotopic (exact) mass is 310 g/mol. The highest BCUT2D eigenvalue weighted by Crippen LogP contribution is 2.22. The summed E-state index contributed by atoms with van der Waals surface area (Å²) in [5, 5.41) is 2.54. The van der Waals surface area contributed by atoms with E-state index in [0.717, 1.165) is 12.1 Å². The maximum atomic E-state index is 11.6. The van der Waals surface area contributed by atoms with Crippen molar-refractivity contribution in [1.82, 2.24) is 0 Å². The van der Waals surface area contributed by atoms with E-state index in [-0.39, 0.29) is 11.7 Å². The number of amides is 2. The average molecular weight is 310 g/mol. The molecule has 114 valence electrons. The second-order valence-electron chi connectivity index (χ2n) is 4.92. The Morgan fingerprint density at radius 3 is 2.48 bits per heavy atom. The summed E-state index contributed by atoms with van der Waals surface area (Å²) in [6, 6.07) is 6.81. The number of anilines is 2. The molecule has 0 bridgehead atoms. The highest BCUT2D eigenvalue weighted by atomic mass is 32.2. The molecule has 1 aromatic carbocycles. The van der Waals surface area contributed by atoms with Crippen LogP contribution < -0.4 is 10.2 Å². The van der Waals surface area contributed by atoms with Gasteiger partial charge in [-0.05, 0) is 30.7 Å². The molecule has 1 aromatic rings. The van der Waals surface area contributed by atoms with Gasteiger partial charge in [-0.25, -0.2) is 8.42 Å². The standard InChI is InChI=1S/C14H18N2O4S/c1-2-21(19,20)10-13(17)15-11-5-7-12(8-6-11)16-9-3-4-14(16)18/h5-8H,2-4,9-10H2,1H3,(H,15,17). The smallest absolute Gasteiger partial charge is 0.239 e. The van der Waals surface area contributed by atoms with Crippen LogP contribution in [0.3, 0.4) is 0 Å². The van der Waals surface area contributed by atoms with Crippen LogP contribution in [0.5, 0.6) is 0 Å². The molecule has 21 heavy (non-hydrogen) atoms. The maximum Gasteiger partial charge on any atom is 0.239 e. The summed E-state index contributed by atoms with van der Waals surface area (Å²) in [5.74, 6) is -1.03. The van der Waals surface area contributed by atoms with Crippen LogP contribution >= 0.6 is 0 Å². The van der Waals surface area contributed by atoms with Gasteiger partial charge in [-0.2, -0.15) is 0 Å². The first-order valence-corrected chi connectivity index (χ1v) is 8.64. The Kier molecular flexibility index (Phi) is 4.62. The van der Waals surface area contributed by atoms with Crippen LogP contribution in [0.15, 0.2) is 24.3 Å². The third-order valence-corrected chi connectivity index (χ3v) is 4.91.